The largest absolute Gasteiger partial charge is 0.375 e. The van der Waals surface area contributed by atoms with E-state index in [2.05, 4.69) is 10.5 Å². The summed E-state index contributed by atoms with van der Waals surface area (Å²) in [4.78, 5) is 29.3. The number of carbonyl (C=O) groups is 2. The van der Waals surface area contributed by atoms with Crippen LogP contribution in [-0.2, 0) is 19.2 Å². The zero-order chi connectivity index (χ0) is 17.1. The highest BCUT2D eigenvalue weighted by atomic mass is 19.1. The predicted molar refractivity (Wildman–Crippen MR) is 84.5 cm³/mol. The van der Waals surface area contributed by atoms with Crippen LogP contribution in [0.1, 0.15) is 18.4 Å². The number of halogens is 1. The van der Waals surface area contributed by atoms with Gasteiger partial charge in [0.15, 0.2) is 6.30 Å². The lowest BCUT2D eigenvalue weighted by atomic mass is 9.94. The van der Waals surface area contributed by atoms with E-state index in [-0.39, 0.29) is 19.1 Å². The van der Waals surface area contributed by atoms with Crippen molar-refractivity contribution in [3.8, 4) is 0 Å². The normalized spacial score (nSPS) is 23.7. The molecule has 1 saturated heterocycles. The molecule has 1 N–H and O–H groups in total. The molecule has 3 rings (SSSR count). The van der Waals surface area contributed by atoms with Crippen molar-refractivity contribution in [3.05, 3.63) is 29.8 Å². The highest BCUT2D eigenvalue weighted by Crippen LogP contribution is 2.28. The highest BCUT2D eigenvalue weighted by Gasteiger charge is 2.34. The zero-order valence-electron chi connectivity index (χ0n) is 13.2. The molecule has 2 heterocycles. The molecule has 128 valence electrons. The van der Waals surface area contributed by atoms with Crippen LogP contribution in [0.4, 0.5) is 10.1 Å². The Balaban J connectivity index is 1.75. The first kappa shape index (κ1) is 16.4. The average Bonchev–Trinajstić information content (AvgIpc) is 2.94. The van der Waals surface area contributed by atoms with Crippen LogP contribution in [0.3, 0.4) is 0 Å². The monoisotopic (exact) mass is 335 g/mol. The van der Waals surface area contributed by atoms with Gasteiger partial charge in [0.1, 0.15) is 5.92 Å². The molecule has 0 bridgehead atoms. The Morgan fingerprint density at radius 2 is 2.17 bits per heavy atom. The number of oxime groups is 1. The van der Waals surface area contributed by atoms with Gasteiger partial charge in [0.2, 0.25) is 5.91 Å². The van der Waals surface area contributed by atoms with E-state index in [9.17, 15) is 14.0 Å². The summed E-state index contributed by atoms with van der Waals surface area (Å²) in [7, 11) is 0. The number of alkyl halides is 1. The molecular formula is C16H18FN3O4. The minimum absolute atomic E-state index is 0.0459. The van der Waals surface area contributed by atoms with E-state index in [1.165, 1.54) is 6.92 Å². The lowest BCUT2D eigenvalue weighted by Crippen LogP contribution is -2.42. The van der Waals surface area contributed by atoms with Crippen LogP contribution in [0.2, 0.25) is 0 Å². The van der Waals surface area contributed by atoms with Gasteiger partial charge in [-0.3, -0.25) is 4.79 Å². The quantitative estimate of drug-likeness (QED) is 0.655. The van der Waals surface area contributed by atoms with Gasteiger partial charge >= 0.3 is 5.97 Å². The molecule has 24 heavy (non-hydrogen) atoms. The molecule has 2 aliphatic rings. The number of benzene rings is 1. The first-order chi connectivity index (χ1) is 11.6. The summed E-state index contributed by atoms with van der Waals surface area (Å²) < 4.78 is 19.0. The van der Waals surface area contributed by atoms with Gasteiger partial charge < -0.3 is 19.8 Å². The molecule has 2 unspecified atom stereocenters. The van der Waals surface area contributed by atoms with Gasteiger partial charge in [-0.1, -0.05) is 17.3 Å². The molecule has 8 heteroatoms. The third-order valence-corrected chi connectivity index (χ3v) is 3.97. The van der Waals surface area contributed by atoms with Crippen molar-refractivity contribution in [1.29, 1.82) is 0 Å². The van der Waals surface area contributed by atoms with Gasteiger partial charge in [0.05, 0.1) is 25.5 Å². The third-order valence-electron chi connectivity index (χ3n) is 3.97. The second-order valence-electron chi connectivity index (χ2n) is 5.63. The third kappa shape index (κ3) is 3.38. The Morgan fingerprint density at radius 1 is 1.42 bits per heavy atom. The van der Waals surface area contributed by atoms with Gasteiger partial charge in [-0.05, 0) is 17.7 Å². The van der Waals surface area contributed by atoms with E-state index >= 15 is 0 Å². The molecular weight excluding hydrogens is 317 g/mol. The molecule has 1 aromatic rings. The summed E-state index contributed by atoms with van der Waals surface area (Å²) >= 11 is 0. The molecule has 0 saturated carbocycles. The standard InChI is InChI=1S/C16H18FN3O4/c1-10(21)18-8-13-15(16(22)24-19-13)11-2-4-12(5-3-11)20-6-7-23-9-14(20)17/h2-5,14-15H,6-9H2,1H3,(H,18,21). The van der Waals surface area contributed by atoms with E-state index < -0.39 is 18.2 Å². The van der Waals surface area contributed by atoms with Crippen LogP contribution >= 0.6 is 0 Å². The van der Waals surface area contributed by atoms with Crippen molar-refractivity contribution >= 4 is 23.3 Å². The number of ether oxygens (including phenoxy) is 1. The fourth-order valence-corrected chi connectivity index (χ4v) is 2.75. The first-order valence-corrected chi connectivity index (χ1v) is 7.66. The van der Waals surface area contributed by atoms with E-state index in [1.54, 1.807) is 29.2 Å². The number of carbonyl (C=O) groups excluding carboxylic acids is 2. The summed E-state index contributed by atoms with van der Waals surface area (Å²) in [6.07, 6.45) is -1.18. The van der Waals surface area contributed by atoms with E-state index in [0.29, 0.717) is 24.4 Å². The number of rotatable bonds is 4. The van der Waals surface area contributed by atoms with Crippen LogP contribution in [0.5, 0.6) is 0 Å². The van der Waals surface area contributed by atoms with E-state index in [0.717, 1.165) is 5.69 Å². The van der Waals surface area contributed by atoms with Crippen LogP contribution in [-0.4, -0.2) is 50.2 Å². The summed E-state index contributed by atoms with van der Waals surface area (Å²) in [5, 5.41) is 6.34. The van der Waals surface area contributed by atoms with E-state index in [4.69, 9.17) is 9.57 Å². The lowest BCUT2D eigenvalue weighted by molar-refractivity contribution is -0.141. The Hall–Kier alpha value is -2.48. The van der Waals surface area contributed by atoms with Crippen LogP contribution in [0, 0.1) is 0 Å². The molecule has 0 aromatic heterocycles. The fourth-order valence-electron chi connectivity index (χ4n) is 2.75. The summed E-state index contributed by atoms with van der Waals surface area (Å²) in [6.45, 7) is 2.53. The highest BCUT2D eigenvalue weighted by molar-refractivity contribution is 6.11. The number of nitrogens with zero attached hydrogens (tertiary/aromatic N) is 2. The number of hydrogen-bond acceptors (Lipinski definition) is 6. The smallest absolute Gasteiger partial charge is 0.348 e. The molecule has 0 spiro atoms. The number of nitrogens with one attached hydrogen (secondary N) is 1. The molecule has 1 amide bonds. The maximum absolute atomic E-state index is 13.9. The van der Waals surface area contributed by atoms with Gasteiger partial charge in [-0.2, -0.15) is 0 Å². The molecule has 2 atom stereocenters. The molecule has 7 nitrogen and oxygen atoms in total. The van der Waals surface area contributed by atoms with Crippen molar-refractivity contribution in [3.63, 3.8) is 0 Å². The number of hydrogen-bond donors (Lipinski definition) is 1. The molecule has 1 fully saturated rings. The van der Waals surface area contributed by atoms with Gasteiger partial charge in [0.25, 0.3) is 0 Å². The maximum atomic E-state index is 13.9. The summed E-state index contributed by atoms with van der Waals surface area (Å²) in [5.41, 5.74) is 1.85. The van der Waals surface area contributed by atoms with Crippen LogP contribution in [0.25, 0.3) is 0 Å². The average molecular weight is 335 g/mol. The Kier molecular flexibility index (Phi) is 4.75. The van der Waals surface area contributed by atoms with Gasteiger partial charge in [0, 0.05) is 19.2 Å². The lowest BCUT2D eigenvalue weighted by Gasteiger charge is -2.32. The van der Waals surface area contributed by atoms with Gasteiger partial charge in [-0.15, -0.1) is 0 Å². The SMILES string of the molecule is CC(=O)NCC1=NOC(=O)C1c1ccc(N2CCOCC2F)cc1. The Labute approximate surface area is 138 Å². The van der Waals surface area contributed by atoms with Crippen molar-refractivity contribution in [2.75, 3.05) is 31.2 Å². The second kappa shape index (κ2) is 6.96. The minimum Gasteiger partial charge on any atom is -0.375 e. The molecule has 0 aliphatic carbocycles. The van der Waals surface area contributed by atoms with Crippen LogP contribution < -0.4 is 10.2 Å². The Morgan fingerprint density at radius 3 is 2.83 bits per heavy atom. The Bertz CT molecular complexity index is 662. The van der Waals surface area contributed by atoms with Gasteiger partial charge in [-0.25, -0.2) is 9.18 Å². The fraction of sp³-hybridized carbons (Fsp3) is 0.438. The maximum Gasteiger partial charge on any atom is 0.348 e. The minimum atomic E-state index is -1.18. The number of morpholine rings is 1. The van der Waals surface area contributed by atoms with E-state index in [1.807, 2.05) is 0 Å². The number of amides is 1. The number of anilines is 1. The molecule has 0 radical (unpaired) electrons. The van der Waals surface area contributed by atoms with Crippen molar-refractivity contribution < 1.29 is 23.6 Å². The zero-order valence-corrected chi connectivity index (χ0v) is 13.2. The molecule has 2 aliphatic heterocycles. The second-order valence-corrected chi connectivity index (χ2v) is 5.63. The first-order valence-electron chi connectivity index (χ1n) is 7.66. The summed E-state index contributed by atoms with van der Waals surface area (Å²) in [6, 6.07) is 7.01. The van der Waals surface area contributed by atoms with Crippen LogP contribution in [0.15, 0.2) is 29.4 Å². The van der Waals surface area contributed by atoms with Crippen molar-refractivity contribution in [2.24, 2.45) is 5.16 Å². The molecule has 1 aromatic carbocycles. The summed E-state index contributed by atoms with van der Waals surface area (Å²) in [5.74, 6) is -1.36. The van der Waals surface area contributed by atoms with Crippen molar-refractivity contribution in [1.82, 2.24) is 5.32 Å². The predicted octanol–water partition coefficient (Wildman–Crippen LogP) is 0.951. The topological polar surface area (TPSA) is 80.2 Å². The van der Waals surface area contributed by atoms with Crippen molar-refractivity contribution in [2.45, 2.75) is 19.1 Å².